The number of rotatable bonds is 5. The molecule has 0 amide bonds. The molecule has 2 aromatic rings. The summed E-state index contributed by atoms with van der Waals surface area (Å²) >= 11 is 0. The van der Waals surface area contributed by atoms with Gasteiger partial charge in [-0.2, -0.15) is 14.7 Å². The first-order valence-electron chi connectivity index (χ1n) is 6.38. The van der Waals surface area contributed by atoms with Crippen LogP contribution in [0.4, 0.5) is 5.69 Å². The number of ether oxygens (including phenoxy) is 1. The molecule has 0 bridgehead atoms. The molecule has 24 heavy (non-hydrogen) atoms. The highest BCUT2D eigenvalue weighted by molar-refractivity contribution is 7.76. The Kier molecular flexibility index (Phi) is 5.01. The smallest absolute Gasteiger partial charge is 0.416 e. The quantitative estimate of drug-likeness (QED) is 0.242. The maximum absolute atomic E-state index is 11.9. The lowest BCUT2D eigenvalue weighted by atomic mass is 10.2. The number of esters is 1. The van der Waals surface area contributed by atoms with Gasteiger partial charge in [0.05, 0.1) is 16.1 Å². The van der Waals surface area contributed by atoms with Crippen LogP contribution in [-0.2, 0) is 0 Å². The fourth-order valence-electron chi connectivity index (χ4n) is 1.79. The number of hydrogen-bond donors (Lipinski definition) is 3. The summed E-state index contributed by atoms with van der Waals surface area (Å²) in [6.45, 7) is 0. The molecule has 0 saturated heterocycles. The molecule has 0 aliphatic carbocycles. The number of nitro benzene ring substituents is 1. The molecule has 0 heterocycles. The third-order valence-corrected chi connectivity index (χ3v) is 3.69. The van der Waals surface area contributed by atoms with Crippen molar-refractivity contribution in [3.63, 3.8) is 0 Å². The van der Waals surface area contributed by atoms with Crippen LogP contribution in [0.15, 0.2) is 48.5 Å². The van der Waals surface area contributed by atoms with Gasteiger partial charge < -0.3 is 4.74 Å². The molecule has 0 saturated carbocycles. The number of hydrogen-bond acceptors (Lipinski definition) is 8. The lowest BCUT2D eigenvalue weighted by Gasteiger charge is -2.07. The van der Waals surface area contributed by atoms with Crippen LogP contribution in [0.5, 0.6) is 5.75 Å². The molecule has 3 N–H and O–H groups in total. The fraction of sp³-hybridized carbons (Fsp3) is 0. The molecule has 124 valence electrons. The molecule has 0 aliphatic rings. The Hall–Kier alpha value is -2.71. The van der Waals surface area contributed by atoms with E-state index in [0.717, 1.165) is 12.1 Å². The van der Waals surface area contributed by atoms with E-state index in [1.165, 1.54) is 12.1 Å². The maximum atomic E-state index is 11.9. The Morgan fingerprint density at radius 1 is 1.00 bits per heavy atom. The summed E-state index contributed by atoms with van der Waals surface area (Å²) < 4.78 is 4.94. The first-order valence-corrected chi connectivity index (χ1v) is 8.02. The van der Waals surface area contributed by atoms with Gasteiger partial charge in [0.1, 0.15) is 0 Å². The molecule has 0 unspecified atom stereocenters. The van der Waals surface area contributed by atoms with Gasteiger partial charge in [-0.3, -0.25) is 10.1 Å². The fourth-order valence-corrected chi connectivity index (χ4v) is 2.27. The van der Waals surface area contributed by atoms with Crippen LogP contribution in [0.1, 0.15) is 20.7 Å². The molecular formula is C14H11NO8P+. The van der Waals surface area contributed by atoms with Crippen LogP contribution in [-0.4, -0.2) is 31.1 Å². The van der Waals surface area contributed by atoms with Crippen LogP contribution >= 0.6 is 7.94 Å². The van der Waals surface area contributed by atoms with Crippen molar-refractivity contribution in [2.45, 2.75) is 0 Å². The second kappa shape index (κ2) is 6.81. The van der Waals surface area contributed by atoms with Gasteiger partial charge in [-0.25, -0.2) is 9.59 Å². The van der Waals surface area contributed by atoms with Gasteiger partial charge in [0, 0.05) is 6.07 Å². The average molecular weight is 352 g/mol. The highest BCUT2D eigenvalue weighted by Gasteiger charge is 2.44. The minimum Gasteiger partial charge on any atom is -0.416 e. The molecule has 10 heteroatoms. The molecule has 0 fully saturated rings. The van der Waals surface area contributed by atoms with Crippen LogP contribution in [0.3, 0.4) is 0 Å². The van der Waals surface area contributed by atoms with E-state index >= 15 is 0 Å². The van der Waals surface area contributed by atoms with Gasteiger partial charge in [0.25, 0.3) is 0 Å². The first kappa shape index (κ1) is 17.6. The topological polar surface area (TPSA) is 147 Å². The molecule has 0 spiro atoms. The summed E-state index contributed by atoms with van der Waals surface area (Å²) in [4.78, 5) is 60.5. The highest BCUT2D eigenvalue weighted by atomic mass is 31.2. The van der Waals surface area contributed by atoms with E-state index in [1.807, 2.05) is 0 Å². The zero-order chi connectivity index (χ0) is 17.9. The van der Waals surface area contributed by atoms with E-state index < -0.39 is 41.4 Å². The van der Waals surface area contributed by atoms with Gasteiger partial charge in [-0.15, -0.1) is 0 Å². The van der Waals surface area contributed by atoms with Crippen LogP contribution in [0.2, 0.25) is 0 Å². The summed E-state index contributed by atoms with van der Waals surface area (Å²) in [5, 5.41) is 11.1. The molecule has 9 nitrogen and oxygen atoms in total. The minimum atomic E-state index is -4.84. The van der Waals surface area contributed by atoms with Crippen molar-refractivity contribution in [2.75, 3.05) is 0 Å². The predicted molar refractivity (Wildman–Crippen MR) is 82.4 cm³/mol. The third kappa shape index (κ3) is 3.98. The Morgan fingerprint density at radius 2 is 1.62 bits per heavy atom. The standard InChI is InChI=1S/C14H11NO8P/c16-13(9-4-2-1-3-5-9)23-12-7-6-10(8-11(12)15(18)19)14(17)24(20,21)22/h1-8,20-22H/q+1. The number of carbonyl (C=O) groups excluding carboxylic acids is 2. The Morgan fingerprint density at radius 3 is 2.17 bits per heavy atom. The molecule has 0 aliphatic heterocycles. The second-order valence-corrected chi connectivity index (χ2v) is 6.11. The Balaban J connectivity index is 2.36. The molecular weight excluding hydrogens is 341 g/mol. The monoisotopic (exact) mass is 352 g/mol. The Bertz CT molecular complexity index is 800. The number of nitrogens with zero attached hydrogens (tertiary/aromatic N) is 1. The third-order valence-electron chi connectivity index (χ3n) is 2.89. The van der Waals surface area contributed by atoms with Crippen LogP contribution in [0.25, 0.3) is 0 Å². The molecule has 0 aromatic heterocycles. The zero-order valence-corrected chi connectivity index (χ0v) is 12.8. The predicted octanol–water partition coefficient (Wildman–Crippen LogP) is 1.69. The zero-order valence-electron chi connectivity index (χ0n) is 11.9. The molecule has 0 atom stereocenters. The van der Waals surface area contributed by atoms with Crippen molar-refractivity contribution in [1.29, 1.82) is 0 Å². The van der Waals surface area contributed by atoms with E-state index in [9.17, 15) is 19.7 Å². The largest absolute Gasteiger partial charge is 0.483 e. The van der Waals surface area contributed by atoms with Crippen molar-refractivity contribution < 1.29 is 33.9 Å². The van der Waals surface area contributed by atoms with Gasteiger partial charge in [-0.05, 0) is 24.3 Å². The van der Waals surface area contributed by atoms with E-state index in [-0.39, 0.29) is 5.56 Å². The van der Waals surface area contributed by atoms with Crippen molar-refractivity contribution in [1.82, 2.24) is 0 Å². The normalized spacial score (nSPS) is 11.0. The summed E-state index contributed by atoms with van der Waals surface area (Å²) in [5.74, 6) is -1.27. The number of nitro groups is 1. The lowest BCUT2D eigenvalue weighted by Crippen LogP contribution is -2.11. The van der Waals surface area contributed by atoms with Crippen molar-refractivity contribution in [2.24, 2.45) is 0 Å². The summed E-state index contributed by atoms with van der Waals surface area (Å²) in [6, 6.07) is 10.4. The van der Waals surface area contributed by atoms with E-state index in [4.69, 9.17) is 19.4 Å². The SMILES string of the molecule is O=C(Oc1ccc(C(=O)[P+](O)(O)O)cc1[N+](=O)[O-])c1ccccc1. The summed E-state index contributed by atoms with van der Waals surface area (Å²) in [6.07, 6.45) is 0. The Labute approximate surface area is 135 Å². The van der Waals surface area contributed by atoms with Gasteiger partial charge in [-0.1, -0.05) is 18.2 Å². The van der Waals surface area contributed by atoms with Gasteiger partial charge in [0.2, 0.25) is 5.75 Å². The highest BCUT2D eigenvalue weighted by Crippen LogP contribution is 2.48. The second-order valence-electron chi connectivity index (χ2n) is 4.57. The maximum Gasteiger partial charge on any atom is 0.483 e. The molecule has 2 aromatic carbocycles. The van der Waals surface area contributed by atoms with Crippen LogP contribution < -0.4 is 4.74 Å². The van der Waals surface area contributed by atoms with E-state index in [1.54, 1.807) is 18.2 Å². The molecule has 0 radical (unpaired) electrons. The van der Waals surface area contributed by atoms with Crippen molar-refractivity contribution in [3.8, 4) is 5.75 Å². The van der Waals surface area contributed by atoms with Gasteiger partial charge >= 0.3 is 25.1 Å². The summed E-state index contributed by atoms with van der Waals surface area (Å²) in [5.41, 5.74) is -2.52. The summed E-state index contributed by atoms with van der Waals surface area (Å²) in [7, 11) is -4.84. The number of carbonyl (C=O) groups is 2. The van der Waals surface area contributed by atoms with E-state index in [0.29, 0.717) is 6.07 Å². The van der Waals surface area contributed by atoms with Crippen molar-refractivity contribution >= 4 is 25.1 Å². The van der Waals surface area contributed by atoms with Crippen molar-refractivity contribution in [3.05, 3.63) is 69.8 Å². The average Bonchev–Trinajstić information content (AvgIpc) is 2.54. The molecule has 2 rings (SSSR count). The number of benzene rings is 2. The van der Waals surface area contributed by atoms with E-state index in [2.05, 4.69) is 0 Å². The first-order chi connectivity index (χ1) is 11.2. The van der Waals surface area contributed by atoms with Gasteiger partial charge in [0.15, 0.2) is 0 Å². The van der Waals surface area contributed by atoms with Crippen LogP contribution in [0, 0.1) is 10.1 Å². The minimum absolute atomic E-state index is 0.165. The lowest BCUT2D eigenvalue weighted by molar-refractivity contribution is -0.385.